The van der Waals surface area contributed by atoms with E-state index in [1.165, 1.54) is 43.7 Å². The lowest BCUT2D eigenvalue weighted by Crippen LogP contribution is -2.12. The van der Waals surface area contributed by atoms with Crippen molar-refractivity contribution in [1.29, 1.82) is 0 Å². The second kappa shape index (κ2) is 7.62. The summed E-state index contributed by atoms with van der Waals surface area (Å²) < 4.78 is 26.1. The molecule has 1 saturated carbocycles. The Balaban J connectivity index is 1.67. The summed E-state index contributed by atoms with van der Waals surface area (Å²) in [5, 5.41) is 0. The lowest BCUT2D eigenvalue weighted by Gasteiger charge is -2.28. The zero-order valence-electron chi connectivity index (χ0n) is 14.0. The fourth-order valence-corrected chi connectivity index (χ4v) is 3.46. The van der Waals surface area contributed by atoms with Crippen LogP contribution < -0.4 is 0 Å². The molecular formula is C22H22F2. The van der Waals surface area contributed by atoms with Gasteiger partial charge in [0.1, 0.15) is 0 Å². The molecule has 3 rings (SSSR count). The molecule has 0 unspecified atom stereocenters. The van der Waals surface area contributed by atoms with Gasteiger partial charge in [-0.15, -0.1) is 0 Å². The van der Waals surface area contributed by atoms with E-state index < -0.39 is 11.6 Å². The van der Waals surface area contributed by atoms with Crippen molar-refractivity contribution in [3.05, 3.63) is 70.8 Å². The van der Waals surface area contributed by atoms with E-state index in [2.05, 4.69) is 30.9 Å². The van der Waals surface area contributed by atoms with Crippen LogP contribution in [-0.2, 0) is 0 Å². The van der Waals surface area contributed by atoms with Crippen LogP contribution >= 0.6 is 0 Å². The Hall–Kier alpha value is -2.14. The molecule has 0 aromatic heterocycles. The molecule has 0 bridgehead atoms. The molecule has 1 aliphatic rings. The Labute approximate surface area is 142 Å². The normalized spacial score (nSPS) is 20.3. The Morgan fingerprint density at radius 3 is 2.08 bits per heavy atom. The molecule has 24 heavy (non-hydrogen) atoms. The first-order valence-corrected chi connectivity index (χ1v) is 8.72. The molecule has 0 amide bonds. The number of halogens is 2. The average Bonchev–Trinajstić information content (AvgIpc) is 2.63. The third-order valence-corrected chi connectivity index (χ3v) is 5.08. The second-order valence-electron chi connectivity index (χ2n) is 6.63. The smallest absolute Gasteiger partial charge is 0.160 e. The quantitative estimate of drug-likeness (QED) is 0.590. The van der Waals surface area contributed by atoms with E-state index in [0.717, 1.165) is 23.6 Å². The minimum Gasteiger partial charge on any atom is -0.204 e. The molecule has 0 atom stereocenters. The van der Waals surface area contributed by atoms with Gasteiger partial charge >= 0.3 is 0 Å². The van der Waals surface area contributed by atoms with Gasteiger partial charge in [-0.25, -0.2) is 8.78 Å². The highest BCUT2D eigenvalue weighted by atomic mass is 19.2. The Morgan fingerprint density at radius 2 is 1.46 bits per heavy atom. The van der Waals surface area contributed by atoms with Gasteiger partial charge in [0.05, 0.1) is 0 Å². The van der Waals surface area contributed by atoms with Crippen molar-refractivity contribution < 1.29 is 8.78 Å². The molecule has 0 saturated heterocycles. The lowest BCUT2D eigenvalue weighted by atomic mass is 9.78. The third kappa shape index (κ3) is 4.03. The minimum absolute atomic E-state index is 0.482. The fourth-order valence-electron chi connectivity index (χ4n) is 3.46. The SMILES string of the molecule is CC[C@H]1CC[C@H](c2ccc(C#Cc3ccc(F)c(F)c3)cc2)CC1. The minimum atomic E-state index is -0.861. The monoisotopic (exact) mass is 324 g/mol. The maximum atomic E-state index is 13.2. The molecule has 0 nitrogen and oxygen atoms in total. The highest BCUT2D eigenvalue weighted by Gasteiger charge is 2.20. The molecular weight excluding hydrogens is 302 g/mol. The van der Waals surface area contributed by atoms with Crippen LogP contribution in [0.2, 0.25) is 0 Å². The number of hydrogen-bond donors (Lipinski definition) is 0. The third-order valence-electron chi connectivity index (χ3n) is 5.08. The molecule has 124 valence electrons. The molecule has 1 aliphatic carbocycles. The topological polar surface area (TPSA) is 0 Å². The predicted molar refractivity (Wildman–Crippen MR) is 93.8 cm³/mol. The Morgan fingerprint density at radius 1 is 0.833 bits per heavy atom. The zero-order valence-corrected chi connectivity index (χ0v) is 14.0. The first kappa shape index (κ1) is 16.7. The first-order valence-electron chi connectivity index (χ1n) is 8.72. The van der Waals surface area contributed by atoms with Gasteiger partial charge in [0.15, 0.2) is 11.6 Å². The Kier molecular flexibility index (Phi) is 5.30. The molecule has 2 aromatic rings. The van der Waals surface area contributed by atoms with E-state index in [9.17, 15) is 8.78 Å². The summed E-state index contributed by atoms with van der Waals surface area (Å²) in [6, 6.07) is 12.1. The zero-order chi connectivity index (χ0) is 16.9. The van der Waals surface area contributed by atoms with Gasteiger partial charge in [-0.05, 0) is 73.4 Å². The first-order chi connectivity index (χ1) is 11.7. The van der Waals surface area contributed by atoms with Crippen molar-refractivity contribution in [2.75, 3.05) is 0 Å². The van der Waals surface area contributed by atoms with E-state index in [-0.39, 0.29) is 0 Å². The van der Waals surface area contributed by atoms with Crippen molar-refractivity contribution in [1.82, 2.24) is 0 Å². The summed E-state index contributed by atoms with van der Waals surface area (Å²) in [6.45, 7) is 2.28. The van der Waals surface area contributed by atoms with Crippen LogP contribution in [0.1, 0.15) is 61.6 Å². The van der Waals surface area contributed by atoms with Gasteiger partial charge in [-0.1, -0.05) is 37.3 Å². The molecule has 2 heteroatoms. The summed E-state index contributed by atoms with van der Waals surface area (Å²) >= 11 is 0. The average molecular weight is 324 g/mol. The Bertz CT molecular complexity index is 742. The molecule has 0 heterocycles. The molecule has 0 N–H and O–H groups in total. The van der Waals surface area contributed by atoms with Crippen molar-refractivity contribution in [3.8, 4) is 11.8 Å². The van der Waals surface area contributed by atoms with Crippen LogP contribution in [0.15, 0.2) is 42.5 Å². The second-order valence-corrected chi connectivity index (χ2v) is 6.63. The predicted octanol–water partition coefficient (Wildman–Crippen LogP) is 6.05. The highest BCUT2D eigenvalue weighted by molar-refractivity contribution is 5.44. The van der Waals surface area contributed by atoms with Crippen LogP contribution in [0.3, 0.4) is 0 Å². The molecule has 0 spiro atoms. The summed E-state index contributed by atoms with van der Waals surface area (Å²) in [6.07, 6.45) is 6.51. The maximum absolute atomic E-state index is 13.2. The van der Waals surface area contributed by atoms with Gasteiger partial charge in [0, 0.05) is 11.1 Å². The molecule has 0 radical (unpaired) electrons. The van der Waals surface area contributed by atoms with Crippen LogP contribution in [-0.4, -0.2) is 0 Å². The van der Waals surface area contributed by atoms with Gasteiger partial charge < -0.3 is 0 Å². The van der Waals surface area contributed by atoms with Crippen molar-refractivity contribution in [2.45, 2.75) is 44.9 Å². The van der Waals surface area contributed by atoms with E-state index in [4.69, 9.17) is 0 Å². The number of hydrogen-bond acceptors (Lipinski definition) is 0. The van der Waals surface area contributed by atoms with Gasteiger partial charge in [0.25, 0.3) is 0 Å². The van der Waals surface area contributed by atoms with Crippen LogP contribution in [0.25, 0.3) is 0 Å². The number of rotatable bonds is 2. The van der Waals surface area contributed by atoms with Crippen LogP contribution in [0.5, 0.6) is 0 Å². The summed E-state index contributed by atoms with van der Waals surface area (Å²) in [5.41, 5.74) is 2.77. The number of benzene rings is 2. The van der Waals surface area contributed by atoms with E-state index in [0.29, 0.717) is 11.5 Å². The highest BCUT2D eigenvalue weighted by Crippen LogP contribution is 2.36. The largest absolute Gasteiger partial charge is 0.204 e. The van der Waals surface area contributed by atoms with Crippen molar-refractivity contribution in [2.24, 2.45) is 5.92 Å². The molecule has 2 aromatic carbocycles. The van der Waals surface area contributed by atoms with Crippen molar-refractivity contribution >= 4 is 0 Å². The molecule has 1 fully saturated rings. The fraction of sp³-hybridized carbons (Fsp3) is 0.364. The van der Waals surface area contributed by atoms with E-state index >= 15 is 0 Å². The van der Waals surface area contributed by atoms with E-state index in [1.807, 2.05) is 12.1 Å². The van der Waals surface area contributed by atoms with Gasteiger partial charge in [-0.3, -0.25) is 0 Å². The summed E-state index contributed by atoms with van der Waals surface area (Å²) in [4.78, 5) is 0. The standard InChI is InChI=1S/C22H22F2/c1-2-16-5-10-19(11-6-16)20-12-7-17(8-13-20)3-4-18-9-14-21(23)22(24)15-18/h7-9,12-16,19H,2,5-6,10-11H2,1H3/t16-,19-. The summed E-state index contributed by atoms with van der Waals surface area (Å²) in [5.74, 6) is 5.77. The maximum Gasteiger partial charge on any atom is 0.160 e. The summed E-state index contributed by atoms with van der Waals surface area (Å²) in [7, 11) is 0. The van der Waals surface area contributed by atoms with Gasteiger partial charge in [-0.2, -0.15) is 0 Å². The molecule has 0 aliphatic heterocycles. The van der Waals surface area contributed by atoms with Gasteiger partial charge in [0.2, 0.25) is 0 Å². The van der Waals surface area contributed by atoms with E-state index in [1.54, 1.807) is 0 Å². The van der Waals surface area contributed by atoms with Crippen molar-refractivity contribution in [3.63, 3.8) is 0 Å². The lowest BCUT2D eigenvalue weighted by molar-refractivity contribution is 0.319. The van der Waals surface area contributed by atoms with Crippen LogP contribution in [0, 0.1) is 29.4 Å². The van der Waals surface area contributed by atoms with Crippen LogP contribution in [0.4, 0.5) is 8.78 Å².